The number of nitrogens with zero attached hydrogens (tertiary/aromatic N) is 3. The van der Waals surface area contributed by atoms with E-state index < -0.39 is 14.9 Å². The molecule has 3 aromatic carbocycles. The number of rotatable bonds is 1. The second-order valence-corrected chi connectivity index (χ2v) is 9.69. The lowest BCUT2D eigenvalue weighted by molar-refractivity contribution is -0.384. The number of anilines is 3. The smallest absolute Gasteiger partial charge is 0.271 e. The fraction of sp³-hybridized carbons (Fsp3) is 0.130. The van der Waals surface area contributed by atoms with Gasteiger partial charge in [0.15, 0.2) is 11.6 Å². The van der Waals surface area contributed by atoms with Gasteiger partial charge in [0.05, 0.1) is 20.9 Å². The minimum absolute atomic E-state index is 0.00725. The number of fused-ring (bicyclic) bond motifs is 5. The van der Waals surface area contributed by atoms with E-state index in [0.717, 1.165) is 27.9 Å². The van der Waals surface area contributed by atoms with E-state index in [0.29, 0.717) is 11.9 Å². The first-order chi connectivity index (χ1) is 15.7. The van der Waals surface area contributed by atoms with E-state index in [1.807, 2.05) is 32.0 Å². The Morgan fingerprint density at radius 3 is 2.48 bits per heavy atom. The highest BCUT2D eigenvalue weighted by Gasteiger charge is 2.22. The summed E-state index contributed by atoms with van der Waals surface area (Å²) in [5.41, 5.74) is 5.05. The van der Waals surface area contributed by atoms with Crippen LogP contribution in [0.3, 0.4) is 0 Å². The Labute approximate surface area is 189 Å². The topological polar surface area (TPSA) is 127 Å². The maximum Gasteiger partial charge on any atom is 0.271 e. The van der Waals surface area contributed by atoms with Crippen LogP contribution in [0.2, 0.25) is 0 Å². The number of hydrogen-bond acceptors (Lipinski definition) is 7. The molecule has 0 fully saturated rings. The van der Waals surface area contributed by atoms with Crippen molar-refractivity contribution in [2.24, 2.45) is 0 Å². The Morgan fingerprint density at radius 2 is 1.70 bits per heavy atom. The van der Waals surface area contributed by atoms with E-state index in [-0.39, 0.29) is 27.7 Å². The molecule has 1 aliphatic rings. The molecular weight excluding hydrogens is 442 g/mol. The zero-order valence-corrected chi connectivity index (χ0v) is 18.6. The van der Waals surface area contributed by atoms with Crippen molar-refractivity contribution in [2.45, 2.75) is 25.2 Å². The fourth-order valence-electron chi connectivity index (χ4n) is 3.80. The maximum atomic E-state index is 13.2. The first-order valence-corrected chi connectivity index (χ1v) is 11.6. The first kappa shape index (κ1) is 20.8. The molecule has 0 aliphatic carbocycles. The lowest BCUT2D eigenvalue weighted by Gasteiger charge is -2.15. The number of aromatic nitrogens is 2. The quantitative estimate of drug-likeness (QED) is 0.313. The van der Waals surface area contributed by atoms with E-state index >= 15 is 0 Å². The summed E-state index contributed by atoms with van der Waals surface area (Å²) in [5, 5.41) is 14.4. The molecular formula is C23H19N5O4S. The van der Waals surface area contributed by atoms with Gasteiger partial charge >= 0.3 is 0 Å². The van der Waals surface area contributed by atoms with Crippen LogP contribution in [-0.4, -0.2) is 23.3 Å². The third-order valence-electron chi connectivity index (χ3n) is 5.62. The average molecular weight is 462 g/mol. The van der Waals surface area contributed by atoms with E-state index in [2.05, 4.69) is 20.0 Å². The minimum Gasteiger partial charge on any atom is -0.337 e. The van der Waals surface area contributed by atoms with Gasteiger partial charge in [-0.05, 0) is 66.8 Å². The number of sulfonamides is 1. The molecule has 0 spiro atoms. The third-order valence-corrected chi connectivity index (χ3v) is 6.96. The van der Waals surface area contributed by atoms with Crippen molar-refractivity contribution >= 4 is 44.1 Å². The Morgan fingerprint density at radius 1 is 0.909 bits per heavy atom. The third kappa shape index (κ3) is 3.85. The monoisotopic (exact) mass is 461 g/mol. The molecule has 0 radical (unpaired) electrons. The van der Waals surface area contributed by atoms with Gasteiger partial charge in [0.1, 0.15) is 0 Å². The normalized spacial score (nSPS) is 14.2. The van der Waals surface area contributed by atoms with Crippen molar-refractivity contribution in [3.8, 4) is 0 Å². The molecule has 2 bridgehead atoms. The molecule has 2 N–H and O–H groups in total. The van der Waals surface area contributed by atoms with E-state index in [9.17, 15) is 18.5 Å². The zero-order valence-electron chi connectivity index (χ0n) is 17.8. The summed E-state index contributed by atoms with van der Waals surface area (Å²) in [6.45, 7) is 3.90. The van der Waals surface area contributed by atoms with Crippen LogP contribution in [0.5, 0.6) is 0 Å². The van der Waals surface area contributed by atoms with Crippen molar-refractivity contribution in [2.75, 3.05) is 10.0 Å². The van der Waals surface area contributed by atoms with Crippen molar-refractivity contribution in [1.82, 2.24) is 9.97 Å². The van der Waals surface area contributed by atoms with Crippen molar-refractivity contribution < 1.29 is 13.3 Å². The van der Waals surface area contributed by atoms with Gasteiger partial charge in [-0.3, -0.25) is 14.8 Å². The van der Waals surface area contributed by atoms with Crippen molar-refractivity contribution in [1.29, 1.82) is 0 Å². The molecule has 33 heavy (non-hydrogen) atoms. The number of non-ortho nitro benzene ring substituents is 1. The van der Waals surface area contributed by atoms with Crippen LogP contribution in [0.4, 0.5) is 23.0 Å². The molecule has 0 saturated carbocycles. The van der Waals surface area contributed by atoms with Crippen LogP contribution in [0.15, 0.2) is 59.5 Å². The Bertz CT molecular complexity index is 1570. The molecule has 166 valence electrons. The minimum atomic E-state index is -3.95. The van der Waals surface area contributed by atoms with Gasteiger partial charge in [-0.15, -0.1) is 0 Å². The SMILES string of the molecule is Cc1ccc2c(c1)Nc1nc3cc([N+](=O)[O-])ccc3nc1NS(=O)(=O)c1ccc(C)c(c1)C2. The van der Waals surface area contributed by atoms with Gasteiger partial charge in [0.25, 0.3) is 15.7 Å². The standard InChI is InChI=1S/C23H19N5O4S/c1-13-3-5-15-10-16-11-18(7-4-14(16)2)33(31,32)27-23-22(25-20(15)9-13)26-21-12-17(28(29)30)6-8-19(21)24-23/h3-9,11-12H,10H2,1-2H3,(H,24,27)(H,25,26). The van der Waals surface area contributed by atoms with Gasteiger partial charge < -0.3 is 5.32 Å². The summed E-state index contributed by atoms with van der Waals surface area (Å²) in [4.78, 5) is 19.7. The molecule has 2 heterocycles. The van der Waals surface area contributed by atoms with Crippen molar-refractivity contribution in [3.05, 3.63) is 87.0 Å². The van der Waals surface area contributed by atoms with Gasteiger partial charge in [-0.2, -0.15) is 0 Å². The molecule has 0 unspecified atom stereocenters. The summed E-state index contributed by atoms with van der Waals surface area (Å²) in [6, 6.07) is 15.0. The summed E-state index contributed by atoms with van der Waals surface area (Å²) >= 11 is 0. The lowest BCUT2D eigenvalue weighted by atomic mass is 9.98. The number of hydrogen-bond donors (Lipinski definition) is 2. The van der Waals surface area contributed by atoms with E-state index in [1.54, 1.807) is 18.2 Å². The summed E-state index contributed by atoms with van der Waals surface area (Å²) in [5.74, 6) is 0.165. The highest BCUT2D eigenvalue weighted by molar-refractivity contribution is 7.92. The van der Waals surface area contributed by atoms with Crippen LogP contribution in [-0.2, 0) is 16.4 Å². The molecule has 0 saturated heterocycles. The van der Waals surface area contributed by atoms with Gasteiger partial charge in [-0.1, -0.05) is 18.2 Å². The van der Waals surface area contributed by atoms with Crippen LogP contribution in [0.25, 0.3) is 11.0 Å². The predicted molar refractivity (Wildman–Crippen MR) is 125 cm³/mol. The summed E-state index contributed by atoms with van der Waals surface area (Å²) in [6.07, 6.45) is 0.514. The second kappa shape index (κ2) is 7.52. The average Bonchev–Trinajstić information content (AvgIpc) is 2.77. The van der Waals surface area contributed by atoms with Gasteiger partial charge in [-0.25, -0.2) is 18.4 Å². The molecule has 0 amide bonds. The predicted octanol–water partition coefficient (Wildman–Crippen LogP) is 4.60. The number of benzene rings is 3. The van der Waals surface area contributed by atoms with Crippen LogP contribution >= 0.6 is 0 Å². The number of nitro groups is 1. The van der Waals surface area contributed by atoms with Crippen LogP contribution < -0.4 is 10.0 Å². The van der Waals surface area contributed by atoms with E-state index in [1.165, 1.54) is 18.2 Å². The lowest BCUT2D eigenvalue weighted by Crippen LogP contribution is -2.16. The summed E-state index contributed by atoms with van der Waals surface area (Å²) < 4.78 is 28.9. The van der Waals surface area contributed by atoms with Gasteiger partial charge in [0, 0.05) is 17.8 Å². The summed E-state index contributed by atoms with van der Waals surface area (Å²) in [7, 11) is -3.95. The number of nitro benzene ring substituents is 1. The van der Waals surface area contributed by atoms with E-state index in [4.69, 9.17) is 0 Å². The molecule has 10 heteroatoms. The Balaban J connectivity index is 1.78. The number of aryl methyl sites for hydroxylation is 2. The molecule has 0 atom stereocenters. The van der Waals surface area contributed by atoms with Crippen molar-refractivity contribution in [3.63, 3.8) is 0 Å². The highest BCUT2D eigenvalue weighted by Crippen LogP contribution is 2.33. The highest BCUT2D eigenvalue weighted by atomic mass is 32.2. The molecule has 5 rings (SSSR count). The molecule has 9 nitrogen and oxygen atoms in total. The molecule has 1 aliphatic heterocycles. The maximum absolute atomic E-state index is 13.2. The number of nitrogens with one attached hydrogen (secondary N) is 2. The Hall–Kier alpha value is -4.05. The largest absolute Gasteiger partial charge is 0.337 e. The fourth-order valence-corrected chi connectivity index (χ4v) is 4.86. The van der Waals surface area contributed by atoms with Crippen LogP contribution in [0, 0.1) is 24.0 Å². The van der Waals surface area contributed by atoms with Gasteiger partial charge in [0.2, 0.25) is 0 Å². The first-order valence-electron chi connectivity index (χ1n) is 10.1. The van der Waals surface area contributed by atoms with Crippen LogP contribution in [0.1, 0.15) is 22.3 Å². The Kier molecular flexibility index (Phi) is 4.75. The molecule has 4 aromatic rings. The second-order valence-electron chi connectivity index (χ2n) is 8.01. The zero-order chi connectivity index (χ0) is 23.3. The molecule has 1 aromatic heterocycles.